The number of para-hydroxylation sites is 2. The molecule has 0 fully saturated rings. The minimum Gasteiger partial charge on any atom is -0.456 e. The maximum atomic E-state index is 7.23. The molecule has 11 aromatic rings. The Balaban J connectivity index is 1.04. The number of furan rings is 2. The zero-order valence-electron chi connectivity index (χ0n) is 31.0. The Hall–Kier alpha value is -7.77. The zero-order valence-corrected chi connectivity index (χ0v) is 31.0. The summed E-state index contributed by atoms with van der Waals surface area (Å²) >= 11 is 0. The van der Waals surface area contributed by atoms with Crippen LogP contribution in [-0.4, -0.2) is 25.6 Å². The fraction of sp³-hybridized carbons (Fsp3) is 0.0392. The van der Waals surface area contributed by atoms with Crippen molar-refractivity contribution in [1.82, 2.24) is 19.5 Å². The van der Waals surface area contributed by atoms with Crippen molar-refractivity contribution in [2.75, 3.05) is 4.90 Å². The molecule has 4 aromatic heterocycles. The number of hydrogen-bond acceptors (Lipinski definition) is 6. The van der Waals surface area contributed by atoms with Gasteiger partial charge in [-0.2, -0.15) is 9.97 Å². The van der Waals surface area contributed by atoms with Crippen LogP contribution in [0.25, 0.3) is 94.1 Å². The highest BCUT2D eigenvalue weighted by Gasteiger charge is 2.41. The smallest absolute Gasteiger partial charge is 0.234 e. The van der Waals surface area contributed by atoms with Gasteiger partial charge in [-0.1, -0.05) is 121 Å². The van der Waals surface area contributed by atoms with E-state index >= 15 is 0 Å². The van der Waals surface area contributed by atoms with E-state index in [-0.39, 0.29) is 12.0 Å². The van der Waals surface area contributed by atoms with Crippen molar-refractivity contribution < 1.29 is 8.83 Å². The third-order valence-electron chi connectivity index (χ3n) is 12.0. The first-order valence-electron chi connectivity index (χ1n) is 19.6. The molecule has 7 heteroatoms. The van der Waals surface area contributed by atoms with Gasteiger partial charge in [-0.15, -0.1) is 0 Å². The monoisotopic (exact) mass is 745 g/mol. The van der Waals surface area contributed by atoms with Gasteiger partial charge in [0.25, 0.3) is 0 Å². The SMILES string of the molecule is C1=CC2c3c(ccc4c3oc3c4ccc4c3c3ccccc3n4-c3ccc4oc5ccccc5c4c3)N(c3nc(-c4ccccc4)nc(-c4ccccc4)n3)C2C=C1. The second kappa shape index (κ2) is 11.9. The van der Waals surface area contributed by atoms with Crippen LogP contribution in [0.5, 0.6) is 0 Å². The second-order valence-electron chi connectivity index (χ2n) is 15.1. The number of rotatable bonds is 4. The lowest BCUT2D eigenvalue weighted by Crippen LogP contribution is -2.30. The van der Waals surface area contributed by atoms with E-state index in [4.69, 9.17) is 23.8 Å². The molecular weight excluding hydrogens is 715 g/mol. The molecule has 7 nitrogen and oxygen atoms in total. The molecular formula is C51H31N5O2. The number of anilines is 2. The fourth-order valence-corrected chi connectivity index (χ4v) is 9.44. The van der Waals surface area contributed by atoms with Crippen molar-refractivity contribution >= 4 is 77.3 Å². The van der Waals surface area contributed by atoms with Gasteiger partial charge in [-0.3, -0.25) is 0 Å². The zero-order chi connectivity index (χ0) is 37.9. The van der Waals surface area contributed by atoms with Gasteiger partial charge in [-0.25, -0.2) is 4.98 Å². The molecule has 272 valence electrons. The van der Waals surface area contributed by atoms with Crippen LogP contribution >= 0.6 is 0 Å². The molecule has 5 heterocycles. The lowest BCUT2D eigenvalue weighted by atomic mass is 9.90. The van der Waals surface area contributed by atoms with Gasteiger partial charge in [0.1, 0.15) is 22.3 Å². The predicted octanol–water partition coefficient (Wildman–Crippen LogP) is 12.8. The largest absolute Gasteiger partial charge is 0.456 e. The van der Waals surface area contributed by atoms with Gasteiger partial charge in [-0.05, 0) is 54.6 Å². The van der Waals surface area contributed by atoms with Crippen molar-refractivity contribution in [2.45, 2.75) is 12.0 Å². The fourth-order valence-electron chi connectivity index (χ4n) is 9.44. The van der Waals surface area contributed by atoms with E-state index in [0.29, 0.717) is 17.6 Å². The summed E-state index contributed by atoms with van der Waals surface area (Å²) in [6.07, 6.45) is 8.79. The molecule has 0 spiro atoms. The number of benzene rings is 7. The second-order valence-corrected chi connectivity index (χ2v) is 15.1. The Kier molecular flexibility index (Phi) is 6.43. The third-order valence-corrected chi connectivity index (χ3v) is 12.0. The van der Waals surface area contributed by atoms with Gasteiger partial charge in [0, 0.05) is 55.2 Å². The number of nitrogens with zero attached hydrogens (tertiary/aromatic N) is 5. The van der Waals surface area contributed by atoms with Gasteiger partial charge in [0.15, 0.2) is 11.6 Å². The highest BCUT2D eigenvalue weighted by atomic mass is 16.3. The first-order chi connectivity index (χ1) is 28.8. The maximum absolute atomic E-state index is 7.23. The van der Waals surface area contributed by atoms with Crippen molar-refractivity contribution in [3.05, 3.63) is 182 Å². The number of fused-ring (bicyclic) bond motifs is 14. The van der Waals surface area contributed by atoms with E-state index in [1.54, 1.807) is 0 Å². The third kappa shape index (κ3) is 4.41. The van der Waals surface area contributed by atoms with Gasteiger partial charge in [0.05, 0.1) is 28.1 Å². The summed E-state index contributed by atoms with van der Waals surface area (Å²) in [7, 11) is 0. The number of allylic oxidation sites excluding steroid dienone is 2. The van der Waals surface area contributed by atoms with E-state index in [9.17, 15) is 0 Å². The Morgan fingerprint density at radius 3 is 1.97 bits per heavy atom. The number of hydrogen-bond donors (Lipinski definition) is 0. The van der Waals surface area contributed by atoms with Crippen molar-refractivity contribution in [3.8, 4) is 28.5 Å². The molecule has 2 atom stereocenters. The van der Waals surface area contributed by atoms with Crippen LogP contribution in [0.15, 0.2) is 185 Å². The summed E-state index contributed by atoms with van der Waals surface area (Å²) in [5.41, 5.74) is 10.9. The molecule has 0 amide bonds. The molecule has 7 aromatic carbocycles. The van der Waals surface area contributed by atoms with Gasteiger partial charge in [0.2, 0.25) is 5.95 Å². The summed E-state index contributed by atoms with van der Waals surface area (Å²) in [5, 5.41) is 6.62. The van der Waals surface area contributed by atoms with Crippen LogP contribution in [-0.2, 0) is 0 Å². The highest BCUT2D eigenvalue weighted by molar-refractivity contribution is 6.24. The lowest BCUT2D eigenvalue weighted by Gasteiger charge is -2.27. The standard InChI is InChI=1S/C51H31N5O2/c1-3-13-30(14-4-1)49-52-50(31-15-5-2-6-16-31)54-51(53-49)56-40-21-11-8-19-37(40)46-42(56)27-25-35-34-24-26-41-45(47(34)58-48(35)46)36-18-7-10-20-39(36)55(41)32-23-28-44-38(29-32)33-17-9-12-22-43(33)57-44/h1-29,37,40H. The topological polar surface area (TPSA) is 73.1 Å². The summed E-state index contributed by atoms with van der Waals surface area (Å²) in [5.74, 6) is 1.89. The minimum absolute atomic E-state index is 0.0229. The molecule has 2 unspecified atom stereocenters. The molecule has 0 bridgehead atoms. The van der Waals surface area contributed by atoms with Crippen LogP contribution in [0, 0.1) is 0 Å². The van der Waals surface area contributed by atoms with E-state index in [1.807, 2.05) is 72.8 Å². The molecule has 1 aliphatic heterocycles. The van der Waals surface area contributed by atoms with Crippen molar-refractivity contribution in [2.24, 2.45) is 0 Å². The summed E-state index contributed by atoms with van der Waals surface area (Å²) in [4.78, 5) is 17.6. The lowest BCUT2D eigenvalue weighted by molar-refractivity contribution is 0.658. The molecule has 13 rings (SSSR count). The first kappa shape index (κ1) is 31.4. The van der Waals surface area contributed by atoms with E-state index < -0.39 is 0 Å². The highest BCUT2D eigenvalue weighted by Crippen LogP contribution is 2.52. The van der Waals surface area contributed by atoms with E-state index in [2.05, 4.69) is 113 Å². The Labute approximate surface area is 331 Å². The van der Waals surface area contributed by atoms with Crippen molar-refractivity contribution in [1.29, 1.82) is 0 Å². The molecule has 58 heavy (non-hydrogen) atoms. The van der Waals surface area contributed by atoms with Gasteiger partial charge >= 0.3 is 0 Å². The van der Waals surface area contributed by atoms with E-state index in [0.717, 1.165) is 93.7 Å². The predicted molar refractivity (Wildman–Crippen MR) is 233 cm³/mol. The van der Waals surface area contributed by atoms with Crippen LogP contribution in [0.1, 0.15) is 11.5 Å². The number of aromatic nitrogens is 4. The van der Waals surface area contributed by atoms with Gasteiger partial charge < -0.3 is 18.3 Å². The first-order valence-corrected chi connectivity index (χ1v) is 19.6. The Morgan fingerprint density at radius 2 is 1.16 bits per heavy atom. The average molecular weight is 746 g/mol. The normalized spacial score (nSPS) is 16.1. The van der Waals surface area contributed by atoms with E-state index in [1.165, 1.54) is 0 Å². The Bertz CT molecular complexity index is 3480. The molecule has 1 aliphatic carbocycles. The summed E-state index contributed by atoms with van der Waals surface area (Å²) in [6.45, 7) is 0. The summed E-state index contributed by atoms with van der Waals surface area (Å²) < 4.78 is 15.8. The molecule has 0 N–H and O–H groups in total. The molecule has 0 saturated heterocycles. The van der Waals surface area contributed by atoms with Crippen molar-refractivity contribution in [3.63, 3.8) is 0 Å². The van der Waals surface area contributed by atoms with Crippen LogP contribution in [0.2, 0.25) is 0 Å². The molecule has 0 saturated carbocycles. The average Bonchev–Trinajstić information content (AvgIpc) is 4.04. The maximum Gasteiger partial charge on any atom is 0.234 e. The molecule has 0 radical (unpaired) electrons. The molecule has 2 aliphatic rings. The van der Waals surface area contributed by atoms with Crippen LogP contribution < -0.4 is 4.90 Å². The summed E-state index contributed by atoms with van der Waals surface area (Å²) in [6, 6.07) is 52.5. The van der Waals surface area contributed by atoms with Crippen LogP contribution in [0.3, 0.4) is 0 Å². The quantitative estimate of drug-likeness (QED) is 0.179. The van der Waals surface area contributed by atoms with Crippen LogP contribution in [0.4, 0.5) is 11.6 Å². The Morgan fingerprint density at radius 1 is 0.483 bits per heavy atom. The minimum atomic E-state index is -0.0516.